The van der Waals surface area contributed by atoms with Crippen molar-refractivity contribution in [1.82, 2.24) is 0 Å². The number of ether oxygens (including phenoxy) is 1. The first-order valence-electron chi connectivity index (χ1n) is 6.27. The van der Waals surface area contributed by atoms with Crippen LogP contribution < -0.4 is 11.1 Å². The fourth-order valence-electron chi connectivity index (χ4n) is 1.51. The van der Waals surface area contributed by atoms with Gasteiger partial charge in [-0.05, 0) is 37.0 Å². The Balaban J connectivity index is 2.20. The second kappa shape index (κ2) is 7.17. The van der Waals surface area contributed by atoms with Crippen LogP contribution in [-0.2, 0) is 4.74 Å². The quantitative estimate of drug-likeness (QED) is 0.565. The van der Waals surface area contributed by atoms with Gasteiger partial charge in [0.05, 0.1) is 6.61 Å². The zero-order valence-corrected chi connectivity index (χ0v) is 11.1. The summed E-state index contributed by atoms with van der Waals surface area (Å²) in [6, 6.07) is 5.90. The molecule has 3 nitrogen and oxygen atoms in total. The first kappa shape index (κ1) is 13.8. The van der Waals surface area contributed by atoms with Crippen molar-refractivity contribution in [2.75, 3.05) is 30.8 Å². The van der Waals surface area contributed by atoms with Gasteiger partial charge in [-0.1, -0.05) is 19.9 Å². The molecule has 0 atom stereocenters. The van der Waals surface area contributed by atoms with Gasteiger partial charge >= 0.3 is 0 Å². The van der Waals surface area contributed by atoms with E-state index in [1.54, 1.807) is 0 Å². The summed E-state index contributed by atoms with van der Waals surface area (Å²) in [5, 5.41) is 3.34. The second-order valence-electron chi connectivity index (χ2n) is 4.80. The van der Waals surface area contributed by atoms with Gasteiger partial charge in [0.25, 0.3) is 0 Å². The van der Waals surface area contributed by atoms with Crippen LogP contribution in [0.5, 0.6) is 0 Å². The van der Waals surface area contributed by atoms with Crippen molar-refractivity contribution >= 4 is 11.4 Å². The Morgan fingerprint density at radius 1 is 1.29 bits per heavy atom. The number of aryl methyl sites for hydroxylation is 1. The molecule has 0 fully saturated rings. The maximum Gasteiger partial charge on any atom is 0.0639 e. The third-order valence-corrected chi connectivity index (χ3v) is 2.66. The maximum absolute atomic E-state index is 5.74. The van der Waals surface area contributed by atoms with E-state index in [2.05, 4.69) is 26.1 Å². The average molecular weight is 236 g/mol. The molecule has 0 amide bonds. The van der Waals surface area contributed by atoms with Crippen LogP contribution in [0.25, 0.3) is 0 Å². The Hall–Kier alpha value is -1.22. The Kier molecular flexibility index (Phi) is 5.84. The van der Waals surface area contributed by atoms with Crippen LogP contribution in [0.2, 0.25) is 0 Å². The fraction of sp³-hybridized carbons (Fsp3) is 0.571. The highest BCUT2D eigenvalue weighted by Gasteiger charge is 1.98. The monoisotopic (exact) mass is 236 g/mol. The molecule has 0 unspecified atom stereocenters. The molecule has 0 bridgehead atoms. The molecule has 0 spiro atoms. The molecule has 1 aromatic rings. The molecule has 0 saturated carbocycles. The third-order valence-electron chi connectivity index (χ3n) is 2.66. The van der Waals surface area contributed by atoms with Gasteiger partial charge < -0.3 is 15.8 Å². The summed E-state index contributed by atoms with van der Waals surface area (Å²) in [6.07, 6.45) is 1.12. The second-order valence-corrected chi connectivity index (χ2v) is 4.80. The van der Waals surface area contributed by atoms with Crippen molar-refractivity contribution in [2.24, 2.45) is 5.92 Å². The molecule has 3 heteroatoms. The molecule has 3 N–H and O–H groups in total. The fourth-order valence-corrected chi connectivity index (χ4v) is 1.51. The van der Waals surface area contributed by atoms with Crippen LogP contribution in [0, 0.1) is 12.8 Å². The summed E-state index contributed by atoms with van der Waals surface area (Å²) < 4.78 is 5.54. The summed E-state index contributed by atoms with van der Waals surface area (Å²) >= 11 is 0. The maximum atomic E-state index is 5.74. The van der Waals surface area contributed by atoms with Gasteiger partial charge in [-0.15, -0.1) is 0 Å². The standard InChI is InChI=1S/C14H24N2O/c1-11(2)6-8-17-9-7-16-14-10-13(15)5-4-12(14)3/h4-5,10-11,16H,6-9,15H2,1-3H3. The van der Waals surface area contributed by atoms with E-state index in [1.165, 1.54) is 5.56 Å². The van der Waals surface area contributed by atoms with Crippen LogP contribution in [0.1, 0.15) is 25.8 Å². The van der Waals surface area contributed by atoms with Gasteiger partial charge in [0.1, 0.15) is 0 Å². The molecular formula is C14H24N2O. The van der Waals surface area contributed by atoms with Gasteiger partial charge in [0.2, 0.25) is 0 Å². The van der Waals surface area contributed by atoms with Gasteiger partial charge in [-0.25, -0.2) is 0 Å². The minimum absolute atomic E-state index is 0.708. The minimum Gasteiger partial charge on any atom is -0.399 e. The number of nitrogen functional groups attached to an aromatic ring is 1. The third kappa shape index (κ3) is 5.59. The van der Waals surface area contributed by atoms with Crippen molar-refractivity contribution in [3.8, 4) is 0 Å². The molecule has 0 aliphatic carbocycles. The van der Waals surface area contributed by atoms with Crippen molar-refractivity contribution < 1.29 is 4.74 Å². The number of nitrogens with one attached hydrogen (secondary N) is 1. The van der Waals surface area contributed by atoms with E-state index in [-0.39, 0.29) is 0 Å². The van der Waals surface area contributed by atoms with Crippen LogP contribution >= 0.6 is 0 Å². The summed E-state index contributed by atoms with van der Waals surface area (Å²) in [5.41, 5.74) is 8.84. The van der Waals surface area contributed by atoms with E-state index >= 15 is 0 Å². The van der Waals surface area contributed by atoms with E-state index < -0.39 is 0 Å². The van der Waals surface area contributed by atoms with Crippen molar-refractivity contribution in [1.29, 1.82) is 0 Å². The molecule has 1 rings (SSSR count). The lowest BCUT2D eigenvalue weighted by atomic mass is 10.1. The van der Waals surface area contributed by atoms with E-state index in [9.17, 15) is 0 Å². The SMILES string of the molecule is Cc1ccc(N)cc1NCCOCCC(C)C. The van der Waals surface area contributed by atoms with Crippen molar-refractivity contribution in [3.63, 3.8) is 0 Å². The lowest BCUT2D eigenvalue weighted by Crippen LogP contribution is -2.11. The highest BCUT2D eigenvalue weighted by atomic mass is 16.5. The molecule has 0 aromatic heterocycles. The number of nitrogens with two attached hydrogens (primary N) is 1. The zero-order valence-electron chi connectivity index (χ0n) is 11.1. The lowest BCUT2D eigenvalue weighted by Gasteiger charge is -2.11. The van der Waals surface area contributed by atoms with E-state index in [0.717, 1.165) is 37.6 Å². The van der Waals surface area contributed by atoms with Crippen LogP contribution in [0.3, 0.4) is 0 Å². The van der Waals surface area contributed by atoms with Crippen molar-refractivity contribution in [3.05, 3.63) is 23.8 Å². The molecule has 0 aliphatic rings. The van der Waals surface area contributed by atoms with E-state index in [4.69, 9.17) is 10.5 Å². The van der Waals surface area contributed by atoms with Crippen molar-refractivity contribution in [2.45, 2.75) is 27.2 Å². The molecular weight excluding hydrogens is 212 g/mol. The Bertz CT molecular complexity index is 337. The molecule has 96 valence electrons. The largest absolute Gasteiger partial charge is 0.399 e. The highest BCUT2D eigenvalue weighted by molar-refractivity contribution is 5.59. The van der Waals surface area contributed by atoms with Crippen LogP contribution in [0.15, 0.2) is 18.2 Å². The summed E-state index contributed by atoms with van der Waals surface area (Å²) in [5.74, 6) is 0.708. The van der Waals surface area contributed by atoms with Gasteiger partial charge in [0, 0.05) is 24.5 Å². The number of benzene rings is 1. The van der Waals surface area contributed by atoms with Gasteiger partial charge in [-0.2, -0.15) is 0 Å². The number of anilines is 2. The van der Waals surface area contributed by atoms with E-state index in [1.807, 2.05) is 18.2 Å². The molecule has 0 saturated heterocycles. The predicted octanol–water partition coefficient (Wildman–Crippen LogP) is 3.05. The average Bonchev–Trinajstić information content (AvgIpc) is 2.27. The Labute approximate surface area is 104 Å². The Morgan fingerprint density at radius 2 is 2.06 bits per heavy atom. The normalized spacial score (nSPS) is 10.8. The smallest absolute Gasteiger partial charge is 0.0639 e. The molecule has 17 heavy (non-hydrogen) atoms. The Morgan fingerprint density at radius 3 is 2.76 bits per heavy atom. The first-order valence-corrected chi connectivity index (χ1v) is 6.27. The predicted molar refractivity (Wildman–Crippen MR) is 74.4 cm³/mol. The molecule has 0 heterocycles. The summed E-state index contributed by atoms with van der Waals surface area (Å²) in [6.45, 7) is 8.88. The van der Waals surface area contributed by atoms with Gasteiger partial charge in [0.15, 0.2) is 0 Å². The first-order chi connectivity index (χ1) is 8.09. The molecule has 1 aromatic carbocycles. The lowest BCUT2D eigenvalue weighted by molar-refractivity contribution is 0.132. The van der Waals surface area contributed by atoms with Crippen LogP contribution in [0.4, 0.5) is 11.4 Å². The topological polar surface area (TPSA) is 47.3 Å². The summed E-state index contributed by atoms with van der Waals surface area (Å²) in [7, 11) is 0. The summed E-state index contributed by atoms with van der Waals surface area (Å²) in [4.78, 5) is 0. The number of rotatable bonds is 7. The van der Waals surface area contributed by atoms with Crippen LogP contribution in [-0.4, -0.2) is 19.8 Å². The number of hydrogen-bond donors (Lipinski definition) is 2. The van der Waals surface area contributed by atoms with Gasteiger partial charge in [-0.3, -0.25) is 0 Å². The highest BCUT2D eigenvalue weighted by Crippen LogP contribution is 2.17. The zero-order chi connectivity index (χ0) is 12.7. The molecule has 0 radical (unpaired) electrons. The molecule has 0 aliphatic heterocycles. The number of hydrogen-bond acceptors (Lipinski definition) is 3. The minimum atomic E-state index is 0.708. The van der Waals surface area contributed by atoms with E-state index in [0.29, 0.717) is 5.92 Å².